The number of ether oxygens (including phenoxy) is 1. The van der Waals surface area contributed by atoms with Gasteiger partial charge in [-0.2, -0.15) is 0 Å². The molecule has 0 amide bonds. The summed E-state index contributed by atoms with van der Waals surface area (Å²) in [5.74, 6) is 2.51. The average molecular weight is 482 g/mol. The minimum Gasteiger partial charge on any atom is -0.497 e. The summed E-state index contributed by atoms with van der Waals surface area (Å²) in [6, 6.07) is 13.7. The molecule has 4 rings (SSSR count). The normalized spacial score (nSPS) is 19.9. The van der Waals surface area contributed by atoms with Gasteiger partial charge in [-0.3, -0.25) is 4.98 Å². The molecule has 3 aromatic rings. The van der Waals surface area contributed by atoms with Gasteiger partial charge in [0.25, 0.3) is 0 Å². The van der Waals surface area contributed by atoms with Crippen molar-refractivity contribution in [1.82, 2.24) is 14.9 Å². The Labute approximate surface area is 206 Å². The van der Waals surface area contributed by atoms with E-state index in [1.54, 1.807) is 25.1 Å². The zero-order valence-electron chi connectivity index (χ0n) is 19.8. The SMILES string of the molecule is COc1ccc2nccc([C@@H](O)CC[C@@H]3CCN(CCCSc4ccccn4)C[C@@H]3CO)c2c1. The van der Waals surface area contributed by atoms with Gasteiger partial charge in [0.15, 0.2) is 0 Å². The molecule has 0 radical (unpaired) electrons. The van der Waals surface area contributed by atoms with Gasteiger partial charge >= 0.3 is 0 Å². The molecule has 3 atom stereocenters. The maximum absolute atomic E-state index is 11.0. The van der Waals surface area contributed by atoms with Crippen molar-refractivity contribution < 1.29 is 14.9 Å². The molecular formula is C27H35N3O3S. The smallest absolute Gasteiger partial charge is 0.119 e. The number of methoxy groups -OCH3 is 1. The first-order chi connectivity index (χ1) is 16.7. The highest BCUT2D eigenvalue weighted by Gasteiger charge is 2.29. The maximum atomic E-state index is 11.0. The predicted octanol–water partition coefficient (Wildman–Crippen LogP) is 4.56. The monoisotopic (exact) mass is 481 g/mol. The van der Waals surface area contributed by atoms with E-state index in [-0.39, 0.29) is 12.5 Å². The van der Waals surface area contributed by atoms with Crippen molar-refractivity contribution in [3.05, 3.63) is 60.4 Å². The van der Waals surface area contributed by atoms with Crippen LogP contribution in [0.2, 0.25) is 0 Å². The van der Waals surface area contributed by atoms with E-state index in [1.165, 1.54) is 0 Å². The van der Waals surface area contributed by atoms with Gasteiger partial charge in [-0.15, -0.1) is 11.8 Å². The molecule has 34 heavy (non-hydrogen) atoms. The molecule has 0 unspecified atom stereocenters. The second-order valence-corrected chi connectivity index (χ2v) is 10.2. The number of hydrogen-bond donors (Lipinski definition) is 2. The molecule has 2 N–H and O–H groups in total. The molecule has 1 saturated heterocycles. The van der Waals surface area contributed by atoms with Gasteiger partial charge in [-0.05, 0) is 92.6 Å². The van der Waals surface area contributed by atoms with Gasteiger partial charge in [0.1, 0.15) is 5.75 Å². The van der Waals surface area contributed by atoms with E-state index in [0.29, 0.717) is 12.3 Å². The van der Waals surface area contributed by atoms with E-state index >= 15 is 0 Å². The molecule has 1 aromatic carbocycles. The number of benzene rings is 1. The van der Waals surface area contributed by atoms with Crippen molar-refractivity contribution in [2.24, 2.45) is 11.8 Å². The average Bonchev–Trinajstić information content (AvgIpc) is 2.89. The first-order valence-corrected chi connectivity index (χ1v) is 13.1. The fourth-order valence-electron chi connectivity index (χ4n) is 4.93. The third kappa shape index (κ3) is 6.48. The van der Waals surface area contributed by atoms with E-state index in [2.05, 4.69) is 20.9 Å². The van der Waals surface area contributed by atoms with Gasteiger partial charge in [-0.25, -0.2) is 4.98 Å². The summed E-state index contributed by atoms with van der Waals surface area (Å²) in [5.41, 5.74) is 1.76. The van der Waals surface area contributed by atoms with Crippen LogP contribution in [-0.2, 0) is 0 Å². The van der Waals surface area contributed by atoms with Crippen LogP contribution in [0.4, 0.5) is 0 Å². The molecule has 7 heteroatoms. The Kier molecular flexibility index (Phi) is 9.16. The highest BCUT2D eigenvalue weighted by atomic mass is 32.2. The second kappa shape index (κ2) is 12.5. The summed E-state index contributed by atoms with van der Waals surface area (Å²) in [6.07, 6.45) is 6.80. The van der Waals surface area contributed by atoms with E-state index < -0.39 is 6.10 Å². The summed E-state index contributed by atoms with van der Waals surface area (Å²) in [6.45, 7) is 3.24. The fraction of sp³-hybridized carbons (Fsp3) is 0.481. The van der Waals surface area contributed by atoms with Crippen LogP contribution < -0.4 is 4.74 Å². The third-order valence-electron chi connectivity index (χ3n) is 6.87. The first kappa shape index (κ1) is 24.9. The lowest BCUT2D eigenvalue weighted by atomic mass is 9.81. The summed E-state index contributed by atoms with van der Waals surface area (Å²) in [4.78, 5) is 11.3. The Bertz CT molecular complexity index is 1040. The molecule has 2 aromatic heterocycles. The molecule has 1 aliphatic heterocycles. The maximum Gasteiger partial charge on any atom is 0.119 e. The molecule has 0 aliphatic carbocycles. The van der Waals surface area contributed by atoms with Gasteiger partial charge in [0.05, 0.1) is 23.8 Å². The van der Waals surface area contributed by atoms with Gasteiger partial charge in [-0.1, -0.05) is 6.07 Å². The highest BCUT2D eigenvalue weighted by Crippen LogP contribution is 2.33. The van der Waals surface area contributed by atoms with Crippen LogP contribution in [0.25, 0.3) is 10.9 Å². The Morgan fingerprint density at radius 2 is 2.06 bits per heavy atom. The quantitative estimate of drug-likeness (QED) is 0.307. The molecule has 1 fully saturated rings. The number of pyridine rings is 2. The summed E-state index contributed by atoms with van der Waals surface area (Å²) < 4.78 is 5.36. The largest absolute Gasteiger partial charge is 0.497 e. The van der Waals surface area contributed by atoms with Crippen molar-refractivity contribution in [3.63, 3.8) is 0 Å². The third-order valence-corrected chi connectivity index (χ3v) is 7.90. The lowest BCUT2D eigenvalue weighted by molar-refractivity contribution is 0.0581. The molecule has 3 heterocycles. The van der Waals surface area contributed by atoms with Crippen LogP contribution in [0.5, 0.6) is 5.75 Å². The molecular weight excluding hydrogens is 446 g/mol. The number of aromatic nitrogens is 2. The lowest BCUT2D eigenvalue weighted by Gasteiger charge is -2.38. The molecule has 182 valence electrons. The zero-order chi connectivity index (χ0) is 23.8. The van der Waals surface area contributed by atoms with Crippen LogP contribution in [-0.4, -0.2) is 64.2 Å². The number of hydrogen-bond acceptors (Lipinski definition) is 7. The highest BCUT2D eigenvalue weighted by molar-refractivity contribution is 7.99. The standard InChI is InChI=1S/C27H35N3O3S/c1-33-22-7-8-25-24(17-22)23(10-13-28-25)26(32)9-6-20-11-15-30(18-21(20)19-31)14-4-16-34-27-5-2-3-12-29-27/h2-3,5,7-8,10,12-13,17,20-21,26,31-32H,4,6,9,11,14-16,18-19H2,1H3/t20-,21-,26+/m1/s1. The number of aliphatic hydroxyl groups is 2. The van der Waals surface area contributed by atoms with Crippen molar-refractivity contribution in [3.8, 4) is 5.75 Å². The summed E-state index contributed by atoms with van der Waals surface area (Å²) >= 11 is 1.80. The van der Waals surface area contributed by atoms with Crippen molar-refractivity contribution in [1.29, 1.82) is 0 Å². The number of fused-ring (bicyclic) bond motifs is 1. The minimum atomic E-state index is -0.557. The molecule has 0 spiro atoms. The van der Waals surface area contributed by atoms with E-state index in [4.69, 9.17) is 4.74 Å². The number of aliphatic hydroxyl groups excluding tert-OH is 2. The van der Waals surface area contributed by atoms with E-state index in [1.807, 2.05) is 42.6 Å². The van der Waals surface area contributed by atoms with Crippen LogP contribution in [0.15, 0.2) is 59.9 Å². The number of likely N-dealkylation sites (tertiary alicyclic amines) is 1. The van der Waals surface area contributed by atoms with Crippen molar-refractivity contribution in [2.45, 2.75) is 36.8 Å². The fourth-order valence-corrected chi connectivity index (χ4v) is 5.73. The van der Waals surface area contributed by atoms with Crippen LogP contribution in [0.1, 0.15) is 37.4 Å². The Balaban J connectivity index is 1.26. The first-order valence-electron chi connectivity index (χ1n) is 12.2. The number of piperidine rings is 1. The molecule has 0 bridgehead atoms. The van der Waals surface area contributed by atoms with E-state index in [0.717, 1.165) is 71.9 Å². The molecule has 0 saturated carbocycles. The Morgan fingerprint density at radius 3 is 2.85 bits per heavy atom. The number of nitrogens with zero attached hydrogens (tertiary/aromatic N) is 3. The van der Waals surface area contributed by atoms with E-state index in [9.17, 15) is 10.2 Å². The number of rotatable bonds is 11. The minimum absolute atomic E-state index is 0.204. The molecule has 6 nitrogen and oxygen atoms in total. The summed E-state index contributed by atoms with van der Waals surface area (Å²) in [5, 5.41) is 23.1. The van der Waals surface area contributed by atoms with Crippen LogP contribution >= 0.6 is 11.8 Å². The van der Waals surface area contributed by atoms with Gasteiger partial charge < -0.3 is 19.8 Å². The number of thioether (sulfide) groups is 1. The Morgan fingerprint density at radius 1 is 1.15 bits per heavy atom. The van der Waals surface area contributed by atoms with Crippen molar-refractivity contribution in [2.75, 3.05) is 39.1 Å². The zero-order valence-corrected chi connectivity index (χ0v) is 20.7. The van der Waals surface area contributed by atoms with Gasteiger partial charge in [0, 0.05) is 36.7 Å². The second-order valence-electron chi connectivity index (χ2n) is 9.04. The Hall–Kier alpha value is -2.19. The topological polar surface area (TPSA) is 78.7 Å². The van der Waals surface area contributed by atoms with Crippen molar-refractivity contribution >= 4 is 22.7 Å². The van der Waals surface area contributed by atoms with Gasteiger partial charge in [0.2, 0.25) is 0 Å². The van der Waals surface area contributed by atoms with Crippen LogP contribution in [0, 0.1) is 11.8 Å². The van der Waals surface area contributed by atoms with Crippen LogP contribution in [0.3, 0.4) is 0 Å². The summed E-state index contributed by atoms with van der Waals surface area (Å²) in [7, 11) is 1.65. The lowest BCUT2D eigenvalue weighted by Crippen LogP contribution is -2.42. The predicted molar refractivity (Wildman–Crippen MR) is 137 cm³/mol. The molecule has 1 aliphatic rings.